The maximum absolute atomic E-state index is 12.8. The number of aromatic nitrogens is 4. The highest BCUT2D eigenvalue weighted by Crippen LogP contribution is 2.55. The molecule has 152 valence electrons. The van der Waals surface area contributed by atoms with Crippen molar-refractivity contribution in [3.63, 3.8) is 0 Å². The van der Waals surface area contributed by atoms with Crippen LogP contribution in [0.15, 0.2) is 30.6 Å². The van der Waals surface area contributed by atoms with Crippen molar-refractivity contribution in [3.05, 3.63) is 36.2 Å². The molecule has 8 nitrogen and oxygen atoms in total. The first-order chi connectivity index (χ1) is 14.0. The van der Waals surface area contributed by atoms with Gasteiger partial charge in [-0.15, -0.1) is 5.10 Å². The average Bonchev–Trinajstić information content (AvgIpc) is 3.21. The van der Waals surface area contributed by atoms with E-state index in [0.29, 0.717) is 5.56 Å². The monoisotopic (exact) mass is 395 g/mol. The van der Waals surface area contributed by atoms with Crippen LogP contribution < -0.4 is 5.32 Å². The topological polar surface area (TPSA) is 99.0 Å². The molecule has 0 unspecified atom stereocenters. The highest BCUT2D eigenvalue weighted by molar-refractivity contribution is 5.92. The third-order valence-corrected chi connectivity index (χ3v) is 6.80. The second kappa shape index (κ2) is 6.93. The quantitative estimate of drug-likeness (QED) is 0.780. The molecule has 1 atom stereocenters. The Morgan fingerprint density at radius 3 is 2.28 bits per heavy atom. The summed E-state index contributed by atoms with van der Waals surface area (Å²) in [6.45, 7) is 1.64. The van der Waals surface area contributed by atoms with Gasteiger partial charge in [-0.25, -0.2) is 9.48 Å². The number of benzene rings is 1. The predicted molar refractivity (Wildman–Crippen MR) is 103 cm³/mol. The van der Waals surface area contributed by atoms with Crippen LogP contribution in [-0.4, -0.2) is 43.7 Å². The molecule has 4 fully saturated rings. The summed E-state index contributed by atoms with van der Waals surface area (Å²) in [7, 11) is 0. The Morgan fingerprint density at radius 1 is 1.10 bits per heavy atom. The molecule has 0 radical (unpaired) electrons. The smallest absolute Gasteiger partial charge is 0.338 e. The second-order valence-corrected chi connectivity index (χ2v) is 9.04. The molecule has 0 spiro atoms. The lowest BCUT2D eigenvalue weighted by atomic mass is 9.53. The van der Waals surface area contributed by atoms with Crippen LogP contribution in [0.5, 0.6) is 0 Å². The van der Waals surface area contributed by atoms with Crippen molar-refractivity contribution in [1.82, 2.24) is 25.5 Å². The first-order valence-corrected chi connectivity index (χ1v) is 10.4. The molecule has 4 bridgehead atoms. The Bertz CT molecular complexity index is 874. The third-order valence-electron chi connectivity index (χ3n) is 6.80. The van der Waals surface area contributed by atoms with Gasteiger partial charge in [-0.3, -0.25) is 4.79 Å². The van der Waals surface area contributed by atoms with Gasteiger partial charge in [-0.05, 0) is 97.9 Å². The van der Waals surface area contributed by atoms with Crippen molar-refractivity contribution >= 4 is 11.9 Å². The fraction of sp³-hybridized carbons (Fsp3) is 0.571. The highest BCUT2D eigenvalue weighted by Gasteiger charge is 2.51. The first kappa shape index (κ1) is 18.3. The lowest BCUT2D eigenvalue weighted by molar-refractivity contribution is -0.134. The number of hydrogen-bond donors (Lipinski definition) is 1. The van der Waals surface area contributed by atoms with Crippen LogP contribution in [0.2, 0.25) is 0 Å². The number of nitrogens with one attached hydrogen (secondary N) is 1. The lowest BCUT2D eigenvalue weighted by Gasteiger charge is -2.57. The van der Waals surface area contributed by atoms with E-state index in [9.17, 15) is 9.59 Å². The van der Waals surface area contributed by atoms with Gasteiger partial charge in [0.1, 0.15) is 6.33 Å². The number of carbonyl (C=O) groups excluding carboxylic acids is 2. The van der Waals surface area contributed by atoms with Gasteiger partial charge in [-0.1, -0.05) is 0 Å². The van der Waals surface area contributed by atoms with E-state index in [4.69, 9.17) is 4.74 Å². The number of tetrazole rings is 1. The number of nitrogens with zero attached hydrogens (tertiary/aromatic N) is 4. The van der Waals surface area contributed by atoms with Crippen LogP contribution in [-0.2, 0) is 9.53 Å². The van der Waals surface area contributed by atoms with Gasteiger partial charge < -0.3 is 10.1 Å². The summed E-state index contributed by atoms with van der Waals surface area (Å²) in [5.74, 6) is 1.54. The normalized spacial score (nSPS) is 30.7. The molecular formula is C21H25N5O3. The van der Waals surface area contributed by atoms with E-state index in [0.717, 1.165) is 42.7 Å². The summed E-state index contributed by atoms with van der Waals surface area (Å²) in [6.07, 6.45) is 7.83. The molecular weight excluding hydrogens is 370 g/mol. The Hall–Kier alpha value is -2.77. The minimum atomic E-state index is -0.824. The van der Waals surface area contributed by atoms with Crippen molar-refractivity contribution in [1.29, 1.82) is 0 Å². The fourth-order valence-electron chi connectivity index (χ4n) is 5.94. The molecule has 0 saturated heterocycles. The van der Waals surface area contributed by atoms with Crippen LogP contribution in [0.1, 0.15) is 55.8 Å². The largest absolute Gasteiger partial charge is 0.449 e. The van der Waals surface area contributed by atoms with Crippen LogP contribution in [0, 0.1) is 17.8 Å². The summed E-state index contributed by atoms with van der Waals surface area (Å²) in [6, 6.07) is 6.74. The molecule has 0 aliphatic heterocycles. The maximum atomic E-state index is 12.8. The number of amides is 1. The molecule has 4 aliphatic carbocycles. The van der Waals surface area contributed by atoms with Gasteiger partial charge in [-0.2, -0.15) is 0 Å². The van der Waals surface area contributed by atoms with Crippen LogP contribution >= 0.6 is 0 Å². The van der Waals surface area contributed by atoms with Crippen molar-refractivity contribution in [2.75, 3.05) is 0 Å². The van der Waals surface area contributed by atoms with Crippen LogP contribution in [0.25, 0.3) is 5.69 Å². The SMILES string of the molecule is C[C@H](OC(=O)c1ccc(-n2cnnn2)cc1)C(=O)NC12CC3CC(CC(C3)C1)C2. The lowest BCUT2D eigenvalue weighted by Crippen LogP contribution is -2.61. The minimum Gasteiger partial charge on any atom is -0.449 e. The molecule has 1 aromatic carbocycles. The van der Waals surface area contributed by atoms with E-state index in [1.165, 1.54) is 30.3 Å². The van der Waals surface area contributed by atoms with E-state index in [-0.39, 0.29) is 11.4 Å². The van der Waals surface area contributed by atoms with Gasteiger partial charge >= 0.3 is 5.97 Å². The zero-order chi connectivity index (χ0) is 20.0. The van der Waals surface area contributed by atoms with Gasteiger partial charge in [0.05, 0.1) is 11.3 Å². The number of ether oxygens (including phenoxy) is 1. The molecule has 1 aromatic heterocycles. The Kier molecular flexibility index (Phi) is 4.37. The van der Waals surface area contributed by atoms with E-state index in [1.807, 2.05) is 0 Å². The first-order valence-electron chi connectivity index (χ1n) is 10.4. The summed E-state index contributed by atoms with van der Waals surface area (Å²) < 4.78 is 6.94. The summed E-state index contributed by atoms with van der Waals surface area (Å²) >= 11 is 0. The fourth-order valence-corrected chi connectivity index (χ4v) is 5.94. The molecule has 4 saturated carbocycles. The molecule has 1 heterocycles. The Labute approximate surface area is 169 Å². The standard InChI is InChI=1S/C21H25N5O3/c1-13(19(27)23-21-9-14-6-15(10-21)8-16(7-14)11-21)29-20(28)17-2-4-18(5-3-17)26-12-22-24-25-26/h2-5,12-16H,6-11H2,1H3,(H,23,27)/t13-,14?,15?,16?,21?/m0/s1. The predicted octanol–water partition coefficient (Wildman–Crippen LogP) is 2.29. The third kappa shape index (κ3) is 3.52. The minimum absolute atomic E-state index is 0.0833. The summed E-state index contributed by atoms with van der Waals surface area (Å²) in [5.41, 5.74) is 1.04. The van der Waals surface area contributed by atoms with E-state index in [1.54, 1.807) is 31.2 Å². The van der Waals surface area contributed by atoms with E-state index >= 15 is 0 Å². The molecule has 29 heavy (non-hydrogen) atoms. The van der Waals surface area contributed by atoms with E-state index < -0.39 is 12.1 Å². The maximum Gasteiger partial charge on any atom is 0.338 e. The molecule has 8 heteroatoms. The molecule has 6 rings (SSSR count). The summed E-state index contributed by atoms with van der Waals surface area (Å²) in [4.78, 5) is 25.3. The highest BCUT2D eigenvalue weighted by atomic mass is 16.5. The molecule has 4 aliphatic rings. The molecule has 1 N–H and O–H groups in total. The van der Waals surface area contributed by atoms with Gasteiger partial charge in [0, 0.05) is 5.54 Å². The van der Waals surface area contributed by atoms with Crippen LogP contribution in [0.4, 0.5) is 0 Å². The van der Waals surface area contributed by atoms with Gasteiger partial charge in [0.25, 0.3) is 5.91 Å². The number of esters is 1. The average molecular weight is 395 g/mol. The van der Waals surface area contributed by atoms with Crippen molar-refractivity contribution in [2.24, 2.45) is 17.8 Å². The molecule has 2 aromatic rings. The Balaban J connectivity index is 1.20. The zero-order valence-corrected chi connectivity index (χ0v) is 16.5. The van der Waals surface area contributed by atoms with E-state index in [2.05, 4.69) is 20.8 Å². The number of carbonyl (C=O) groups is 2. The second-order valence-electron chi connectivity index (χ2n) is 9.04. The van der Waals surface area contributed by atoms with Crippen molar-refractivity contribution in [2.45, 2.75) is 57.1 Å². The van der Waals surface area contributed by atoms with Crippen molar-refractivity contribution < 1.29 is 14.3 Å². The summed E-state index contributed by atoms with van der Waals surface area (Å²) in [5, 5.41) is 14.3. The number of hydrogen-bond acceptors (Lipinski definition) is 6. The molecule has 1 amide bonds. The van der Waals surface area contributed by atoms with Crippen molar-refractivity contribution in [3.8, 4) is 5.69 Å². The Morgan fingerprint density at radius 2 is 1.72 bits per heavy atom. The zero-order valence-electron chi connectivity index (χ0n) is 16.5. The van der Waals surface area contributed by atoms with Crippen LogP contribution in [0.3, 0.4) is 0 Å². The van der Waals surface area contributed by atoms with Gasteiger partial charge in [0.2, 0.25) is 0 Å². The van der Waals surface area contributed by atoms with Gasteiger partial charge in [0.15, 0.2) is 6.10 Å². The number of rotatable bonds is 5.